The Balaban J connectivity index is 1.30. The predicted octanol–water partition coefficient (Wildman–Crippen LogP) is 3.89. The number of benzene rings is 2. The molecule has 1 saturated heterocycles. The van der Waals surface area contributed by atoms with Crippen LogP contribution in [-0.4, -0.2) is 58.3 Å². The molecule has 1 aliphatic heterocycles. The SMILES string of the molecule is CONC(=O)c1cn(-c2ccc3c(c2)CCC3)c2nc(Nc3ccc(CCN4CC[C@@H](F)C4)cc3)ncc2c1=O. The Morgan fingerprint density at radius 1 is 1.15 bits per heavy atom. The summed E-state index contributed by atoms with van der Waals surface area (Å²) in [5.41, 5.74) is 7.44. The van der Waals surface area contributed by atoms with Crippen LogP contribution >= 0.6 is 0 Å². The molecule has 4 aromatic rings. The van der Waals surface area contributed by atoms with Gasteiger partial charge in [0.15, 0.2) is 5.65 Å². The highest BCUT2D eigenvalue weighted by atomic mass is 19.1. The molecule has 2 N–H and O–H groups in total. The molecule has 1 atom stereocenters. The number of hydrogen-bond acceptors (Lipinski definition) is 7. The van der Waals surface area contributed by atoms with Crippen LogP contribution in [0, 0.1) is 0 Å². The number of aryl methyl sites for hydroxylation is 2. The van der Waals surface area contributed by atoms with Gasteiger partial charge in [-0.25, -0.2) is 14.9 Å². The van der Waals surface area contributed by atoms with E-state index in [1.807, 2.05) is 30.3 Å². The molecule has 2 aliphatic rings. The van der Waals surface area contributed by atoms with Gasteiger partial charge in [-0.15, -0.1) is 0 Å². The quantitative estimate of drug-likeness (QED) is 0.326. The lowest BCUT2D eigenvalue weighted by Gasteiger charge is -2.15. The smallest absolute Gasteiger partial charge is 0.280 e. The fourth-order valence-electron chi connectivity index (χ4n) is 5.54. The van der Waals surface area contributed by atoms with Gasteiger partial charge < -0.3 is 14.8 Å². The van der Waals surface area contributed by atoms with E-state index in [2.05, 4.69) is 32.8 Å². The van der Waals surface area contributed by atoms with E-state index in [9.17, 15) is 14.0 Å². The lowest BCUT2D eigenvalue weighted by atomic mass is 10.1. The molecule has 1 aliphatic carbocycles. The van der Waals surface area contributed by atoms with Crippen molar-refractivity contribution in [2.75, 3.05) is 32.1 Å². The number of nitrogens with one attached hydrogen (secondary N) is 2. The minimum Gasteiger partial charge on any atom is -0.324 e. The number of fused-ring (bicyclic) bond motifs is 2. The van der Waals surface area contributed by atoms with Crippen molar-refractivity contribution < 1.29 is 14.0 Å². The number of anilines is 2. The van der Waals surface area contributed by atoms with E-state index >= 15 is 0 Å². The number of alkyl halides is 1. The van der Waals surface area contributed by atoms with Crippen molar-refractivity contribution in [3.05, 3.63) is 87.3 Å². The van der Waals surface area contributed by atoms with E-state index in [1.54, 1.807) is 4.57 Å². The van der Waals surface area contributed by atoms with Crippen LogP contribution < -0.4 is 16.2 Å². The van der Waals surface area contributed by atoms with Gasteiger partial charge >= 0.3 is 0 Å². The van der Waals surface area contributed by atoms with Crippen LogP contribution in [0.1, 0.15) is 39.9 Å². The number of aromatic nitrogens is 3. The van der Waals surface area contributed by atoms with Crippen molar-refractivity contribution in [2.24, 2.45) is 0 Å². The number of nitrogens with zero attached hydrogens (tertiary/aromatic N) is 4. The monoisotopic (exact) mass is 542 g/mol. The molecule has 1 amide bonds. The van der Waals surface area contributed by atoms with E-state index in [0.717, 1.165) is 50.1 Å². The molecule has 10 heteroatoms. The van der Waals surface area contributed by atoms with E-state index in [0.29, 0.717) is 24.6 Å². The minimum atomic E-state index is -0.707. The second-order valence-electron chi connectivity index (χ2n) is 10.4. The molecular weight excluding hydrogens is 511 g/mol. The summed E-state index contributed by atoms with van der Waals surface area (Å²) in [6.07, 6.45) is 6.87. The summed E-state index contributed by atoms with van der Waals surface area (Å²) < 4.78 is 15.2. The summed E-state index contributed by atoms with van der Waals surface area (Å²) in [4.78, 5) is 41.9. The van der Waals surface area contributed by atoms with Crippen molar-refractivity contribution in [1.82, 2.24) is 24.9 Å². The first-order chi connectivity index (χ1) is 19.5. The molecule has 0 unspecified atom stereocenters. The van der Waals surface area contributed by atoms with Gasteiger partial charge in [0, 0.05) is 43.4 Å². The fraction of sp³-hybridized carbons (Fsp3) is 0.333. The average molecular weight is 543 g/mol. The number of carbonyl (C=O) groups is 1. The number of halogens is 1. The zero-order valence-corrected chi connectivity index (χ0v) is 22.3. The highest BCUT2D eigenvalue weighted by Crippen LogP contribution is 2.26. The Hall–Kier alpha value is -4.15. The van der Waals surface area contributed by atoms with E-state index in [-0.39, 0.29) is 10.9 Å². The highest BCUT2D eigenvalue weighted by Gasteiger charge is 2.21. The average Bonchev–Trinajstić information content (AvgIpc) is 3.61. The van der Waals surface area contributed by atoms with Gasteiger partial charge in [-0.3, -0.25) is 14.4 Å². The maximum absolute atomic E-state index is 13.4. The number of hydroxylamine groups is 1. The first-order valence-electron chi connectivity index (χ1n) is 13.6. The Kier molecular flexibility index (Phi) is 7.27. The molecule has 0 radical (unpaired) electrons. The van der Waals surface area contributed by atoms with Gasteiger partial charge in [0.1, 0.15) is 11.7 Å². The molecule has 206 valence electrons. The second-order valence-corrected chi connectivity index (χ2v) is 10.4. The van der Waals surface area contributed by atoms with Gasteiger partial charge in [-0.05, 0) is 73.1 Å². The molecule has 9 nitrogen and oxygen atoms in total. The van der Waals surface area contributed by atoms with Crippen LogP contribution in [0.4, 0.5) is 16.0 Å². The lowest BCUT2D eigenvalue weighted by molar-refractivity contribution is 0.0536. The van der Waals surface area contributed by atoms with Crippen molar-refractivity contribution >= 4 is 28.6 Å². The van der Waals surface area contributed by atoms with Gasteiger partial charge in [-0.2, -0.15) is 4.98 Å². The third-order valence-electron chi connectivity index (χ3n) is 7.69. The Morgan fingerprint density at radius 2 is 1.98 bits per heavy atom. The zero-order valence-electron chi connectivity index (χ0n) is 22.3. The van der Waals surface area contributed by atoms with Crippen LogP contribution in [0.3, 0.4) is 0 Å². The molecule has 6 rings (SSSR count). The maximum atomic E-state index is 13.4. The van der Waals surface area contributed by atoms with Crippen LogP contribution in [0.5, 0.6) is 0 Å². The fourth-order valence-corrected chi connectivity index (χ4v) is 5.54. The lowest BCUT2D eigenvalue weighted by Crippen LogP contribution is -2.29. The number of likely N-dealkylation sites (tertiary alicyclic amines) is 1. The van der Waals surface area contributed by atoms with E-state index in [4.69, 9.17) is 9.82 Å². The van der Waals surface area contributed by atoms with Gasteiger partial charge in [0.25, 0.3) is 5.91 Å². The summed E-state index contributed by atoms with van der Waals surface area (Å²) in [6, 6.07) is 14.1. The van der Waals surface area contributed by atoms with Gasteiger partial charge in [0.05, 0.1) is 12.5 Å². The predicted molar refractivity (Wildman–Crippen MR) is 151 cm³/mol. The Morgan fingerprint density at radius 3 is 2.75 bits per heavy atom. The number of rotatable bonds is 8. The van der Waals surface area contributed by atoms with Crippen LogP contribution in [0.2, 0.25) is 0 Å². The third-order valence-corrected chi connectivity index (χ3v) is 7.69. The van der Waals surface area contributed by atoms with Crippen molar-refractivity contribution in [1.29, 1.82) is 0 Å². The molecule has 2 aromatic carbocycles. The molecule has 1 fully saturated rings. The molecule has 0 saturated carbocycles. The van der Waals surface area contributed by atoms with Crippen LogP contribution in [-0.2, 0) is 24.1 Å². The summed E-state index contributed by atoms with van der Waals surface area (Å²) in [5, 5.41) is 3.45. The number of amides is 1. The van der Waals surface area contributed by atoms with Crippen molar-refractivity contribution in [3.63, 3.8) is 0 Å². The summed E-state index contributed by atoms with van der Waals surface area (Å²) in [5.74, 6) is -0.310. The highest BCUT2D eigenvalue weighted by molar-refractivity contribution is 5.96. The number of pyridine rings is 1. The topological polar surface area (TPSA) is 101 Å². The molecule has 0 spiro atoms. The summed E-state index contributed by atoms with van der Waals surface area (Å²) >= 11 is 0. The molecule has 40 heavy (non-hydrogen) atoms. The first-order valence-corrected chi connectivity index (χ1v) is 13.6. The Labute approximate surface area is 231 Å². The van der Waals surface area contributed by atoms with Gasteiger partial charge in [0.2, 0.25) is 11.4 Å². The molecule has 2 aromatic heterocycles. The number of hydrogen-bond donors (Lipinski definition) is 2. The standard InChI is InChI=1S/C30H31FN6O3/c1-40-35-29(39)26-18-37(24-10-7-20-3-2-4-21(20)15-24)28-25(27(26)38)16-32-30(34-28)33-23-8-5-19(6-9-23)11-13-36-14-12-22(31)17-36/h5-10,15-16,18,22H,2-4,11-14,17H2,1H3,(H,35,39)(H,32,33,34)/t22-/m1/s1. The van der Waals surface area contributed by atoms with Crippen molar-refractivity contribution in [3.8, 4) is 5.69 Å². The number of carbonyl (C=O) groups excluding carboxylic acids is 1. The van der Waals surface area contributed by atoms with E-state index < -0.39 is 17.5 Å². The zero-order chi connectivity index (χ0) is 27.6. The van der Waals surface area contributed by atoms with Crippen LogP contribution in [0.15, 0.2) is 59.7 Å². The molecular formula is C30H31FN6O3. The summed E-state index contributed by atoms with van der Waals surface area (Å²) in [7, 11) is 1.32. The first kappa shape index (κ1) is 26.1. The molecule has 3 heterocycles. The minimum absolute atomic E-state index is 0.0642. The summed E-state index contributed by atoms with van der Waals surface area (Å²) in [6.45, 7) is 2.18. The second kappa shape index (κ2) is 11.1. The van der Waals surface area contributed by atoms with Gasteiger partial charge in [-0.1, -0.05) is 18.2 Å². The largest absolute Gasteiger partial charge is 0.324 e. The maximum Gasteiger partial charge on any atom is 0.280 e. The molecule has 0 bridgehead atoms. The van der Waals surface area contributed by atoms with Crippen molar-refractivity contribution in [2.45, 2.75) is 38.3 Å². The normalized spacial score (nSPS) is 16.8. The van der Waals surface area contributed by atoms with E-state index in [1.165, 1.54) is 36.2 Å². The third kappa shape index (κ3) is 5.32. The van der Waals surface area contributed by atoms with Crippen LogP contribution in [0.25, 0.3) is 16.7 Å². The Bertz CT molecular complexity index is 1620.